The summed E-state index contributed by atoms with van der Waals surface area (Å²) in [7, 11) is 0. The van der Waals surface area contributed by atoms with E-state index in [1.54, 1.807) is 0 Å². The smallest absolute Gasteiger partial charge is 0.0544 e. The number of rotatable bonds is 5. The van der Waals surface area contributed by atoms with Gasteiger partial charge in [-0.2, -0.15) is 0 Å². The number of nitrogens with two attached hydrogens (primary N) is 1. The van der Waals surface area contributed by atoms with E-state index < -0.39 is 0 Å². The first-order chi connectivity index (χ1) is 9.30. The summed E-state index contributed by atoms with van der Waals surface area (Å²) in [6, 6.07) is 6.08. The van der Waals surface area contributed by atoms with Crippen LogP contribution in [0.1, 0.15) is 31.9 Å². The highest BCUT2D eigenvalue weighted by molar-refractivity contribution is 5.05. The van der Waals surface area contributed by atoms with Crippen molar-refractivity contribution in [3.05, 3.63) is 30.1 Å². The molecule has 0 amide bonds. The molecule has 1 saturated heterocycles. The van der Waals surface area contributed by atoms with E-state index in [4.69, 9.17) is 10.5 Å². The Morgan fingerprint density at radius 2 is 2.26 bits per heavy atom. The molecule has 1 unspecified atom stereocenters. The Morgan fingerprint density at radius 1 is 1.37 bits per heavy atom. The number of nitrogens with zero attached hydrogens (tertiary/aromatic N) is 2. The first-order valence-electron chi connectivity index (χ1n) is 7.23. The van der Waals surface area contributed by atoms with Crippen molar-refractivity contribution in [2.75, 3.05) is 26.3 Å². The van der Waals surface area contributed by atoms with Crippen molar-refractivity contribution in [1.82, 2.24) is 9.88 Å². The molecule has 1 aliphatic heterocycles. The standard InChI is InChI=1S/C15H25N3O/c1-2-18(12-14-6-3-4-9-17-14)15(13-16)7-5-10-19-11-8-15/h3-4,6,9H,2,5,7-8,10-13,16H2,1H3. The normalized spacial score (nSPS) is 24.4. The van der Waals surface area contributed by atoms with Gasteiger partial charge in [0.05, 0.1) is 5.69 Å². The van der Waals surface area contributed by atoms with Crippen LogP contribution >= 0.6 is 0 Å². The van der Waals surface area contributed by atoms with Crippen LogP contribution in [0, 0.1) is 0 Å². The van der Waals surface area contributed by atoms with Crippen LogP contribution in [0.15, 0.2) is 24.4 Å². The number of ether oxygens (including phenoxy) is 1. The summed E-state index contributed by atoms with van der Waals surface area (Å²) in [5.41, 5.74) is 7.31. The van der Waals surface area contributed by atoms with Gasteiger partial charge in [0.15, 0.2) is 0 Å². The minimum absolute atomic E-state index is 0.0722. The van der Waals surface area contributed by atoms with Gasteiger partial charge in [0, 0.05) is 38.0 Å². The molecular weight excluding hydrogens is 238 g/mol. The SMILES string of the molecule is CCN(Cc1ccccn1)C1(CN)CCCOCC1. The van der Waals surface area contributed by atoms with Crippen LogP contribution in [0.5, 0.6) is 0 Å². The number of aromatic nitrogens is 1. The topological polar surface area (TPSA) is 51.4 Å². The quantitative estimate of drug-likeness (QED) is 0.880. The van der Waals surface area contributed by atoms with Crippen LogP contribution in [0.3, 0.4) is 0 Å². The summed E-state index contributed by atoms with van der Waals surface area (Å²) in [6.07, 6.45) is 5.08. The summed E-state index contributed by atoms with van der Waals surface area (Å²) in [4.78, 5) is 6.91. The predicted molar refractivity (Wildman–Crippen MR) is 76.8 cm³/mol. The van der Waals surface area contributed by atoms with Crippen molar-refractivity contribution >= 4 is 0 Å². The highest BCUT2D eigenvalue weighted by Crippen LogP contribution is 2.28. The van der Waals surface area contributed by atoms with Gasteiger partial charge in [-0.25, -0.2) is 0 Å². The third-order valence-corrected chi connectivity index (χ3v) is 4.15. The van der Waals surface area contributed by atoms with Gasteiger partial charge < -0.3 is 10.5 Å². The lowest BCUT2D eigenvalue weighted by Gasteiger charge is -2.42. The summed E-state index contributed by atoms with van der Waals surface area (Å²) in [5, 5.41) is 0. The van der Waals surface area contributed by atoms with Crippen LogP contribution in [0.4, 0.5) is 0 Å². The molecule has 1 aromatic rings. The molecule has 1 fully saturated rings. The second-order valence-corrected chi connectivity index (χ2v) is 5.23. The van der Waals surface area contributed by atoms with Gasteiger partial charge >= 0.3 is 0 Å². The number of hydrogen-bond acceptors (Lipinski definition) is 4. The van der Waals surface area contributed by atoms with E-state index in [2.05, 4.69) is 22.9 Å². The first-order valence-corrected chi connectivity index (χ1v) is 7.23. The van der Waals surface area contributed by atoms with Crippen LogP contribution < -0.4 is 5.73 Å². The maximum atomic E-state index is 6.12. The first kappa shape index (κ1) is 14.4. The van der Waals surface area contributed by atoms with Crippen molar-refractivity contribution < 1.29 is 4.74 Å². The predicted octanol–water partition coefficient (Wildman–Crippen LogP) is 1.80. The molecule has 4 nitrogen and oxygen atoms in total. The van der Waals surface area contributed by atoms with Gasteiger partial charge in [0.25, 0.3) is 0 Å². The zero-order valence-corrected chi connectivity index (χ0v) is 11.8. The average Bonchev–Trinajstić information content (AvgIpc) is 2.72. The fourth-order valence-corrected chi connectivity index (χ4v) is 2.94. The summed E-state index contributed by atoms with van der Waals surface area (Å²) in [5.74, 6) is 0. The van der Waals surface area contributed by atoms with Crippen LogP contribution in [0.25, 0.3) is 0 Å². The molecule has 1 aromatic heterocycles. The number of likely N-dealkylation sites (N-methyl/N-ethyl adjacent to an activating group) is 1. The lowest BCUT2D eigenvalue weighted by molar-refractivity contribution is 0.0638. The largest absolute Gasteiger partial charge is 0.381 e. The molecule has 0 spiro atoms. The Balaban J connectivity index is 2.13. The zero-order valence-electron chi connectivity index (χ0n) is 11.8. The highest BCUT2D eigenvalue weighted by atomic mass is 16.5. The molecule has 4 heteroatoms. The van der Waals surface area contributed by atoms with E-state index in [-0.39, 0.29) is 5.54 Å². The molecule has 2 rings (SSSR count). The van der Waals surface area contributed by atoms with Gasteiger partial charge in [0.1, 0.15) is 0 Å². The summed E-state index contributed by atoms with van der Waals surface area (Å²) in [6.45, 7) is 6.43. The fourth-order valence-electron chi connectivity index (χ4n) is 2.94. The molecule has 1 aliphatic rings. The molecule has 2 heterocycles. The second kappa shape index (κ2) is 6.98. The van der Waals surface area contributed by atoms with Gasteiger partial charge in [0.2, 0.25) is 0 Å². The molecular formula is C15H25N3O. The molecule has 0 aromatic carbocycles. The maximum absolute atomic E-state index is 6.12. The van der Waals surface area contributed by atoms with E-state index in [1.165, 1.54) is 0 Å². The zero-order chi connectivity index (χ0) is 13.6. The fraction of sp³-hybridized carbons (Fsp3) is 0.667. The average molecular weight is 263 g/mol. The maximum Gasteiger partial charge on any atom is 0.0544 e. The minimum Gasteiger partial charge on any atom is -0.381 e. The molecule has 1 atom stereocenters. The molecule has 0 bridgehead atoms. The molecule has 2 N–H and O–H groups in total. The van der Waals surface area contributed by atoms with E-state index in [0.717, 1.165) is 51.3 Å². The monoisotopic (exact) mass is 263 g/mol. The third kappa shape index (κ3) is 3.53. The summed E-state index contributed by atoms with van der Waals surface area (Å²) >= 11 is 0. The molecule has 106 valence electrons. The molecule has 0 saturated carbocycles. The van der Waals surface area contributed by atoms with Crippen molar-refractivity contribution in [3.63, 3.8) is 0 Å². The van der Waals surface area contributed by atoms with Crippen molar-refractivity contribution in [3.8, 4) is 0 Å². The summed E-state index contributed by atoms with van der Waals surface area (Å²) < 4.78 is 5.60. The van der Waals surface area contributed by atoms with Crippen LogP contribution in [-0.2, 0) is 11.3 Å². The van der Waals surface area contributed by atoms with Gasteiger partial charge in [-0.1, -0.05) is 13.0 Å². The number of pyridine rings is 1. The van der Waals surface area contributed by atoms with Crippen molar-refractivity contribution in [2.45, 2.75) is 38.3 Å². The lowest BCUT2D eigenvalue weighted by atomic mass is 9.88. The third-order valence-electron chi connectivity index (χ3n) is 4.15. The van der Waals surface area contributed by atoms with E-state index in [0.29, 0.717) is 6.54 Å². The molecule has 0 radical (unpaired) electrons. The van der Waals surface area contributed by atoms with E-state index in [9.17, 15) is 0 Å². The van der Waals surface area contributed by atoms with Gasteiger partial charge in [-0.15, -0.1) is 0 Å². The van der Waals surface area contributed by atoms with Crippen molar-refractivity contribution in [2.24, 2.45) is 5.73 Å². The van der Waals surface area contributed by atoms with Crippen LogP contribution in [-0.4, -0.2) is 41.7 Å². The Bertz CT molecular complexity index is 361. The Hall–Kier alpha value is -0.970. The number of hydrogen-bond donors (Lipinski definition) is 1. The Morgan fingerprint density at radius 3 is 2.95 bits per heavy atom. The lowest BCUT2D eigenvalue weighted by Crippen LogP contribution is -2.53. The Kier molecular flexibility index (Phi) is 5.31. The Labute approximate surface area is 116 Å². The minimum atomic E-state index is 0.0722. The van der Waals surface area contributed by atoms with Gasteiger partial charge in [-0.05, 0) is 37.9 Å². The highest BCUT2D eigenvalue weighted by Gasteiger charge is 2.35. The van der Waals surface area contributed by atoms with E-state index in [1.807, 2.05) is 18.3 Å². The van der Waals surface area contributed by atoms with Crippen molar-refractivity contribution in [1.29, 1.82) is 0 Å². The van der Waals surface area contributed by atoms with Gasteiger partial charge in [-0.3, -0.25) is 9.88 Å². The second-order valence-electron chi connectivity index (χ2n) is 5.23. The van der Waals surface area contributed by atoms with Crippen LogP contribution in [0.2, 0.25) is 0 Å². The molecule has 0 aliphatic carbocycles. The molecule has 19 heavy (non-hydrogen) atoms. The van der Waals surface area contributed by atoms with E-state index >= 15 is 0 Å².